The Hall–Kier alpha value is -2.76. The lowest BCUT2D eigenvalue weighted by Crippen LogP contribution is -2.51. The molecule has 0 spiro atoms. The van der Waals surface area contributed by atoms with Crippen LogP contribution < -0.4 is 10.2 Å². The molecule has 0 saturated carbocycles. The van der Waals surface area contributed by atoms with Crippen LogP contribution in [0.25, 0.3) is 10.9 Å². The third kappa shape index (κ3) is 4.16. The summed E-state index contributed by atoms with van der Waals surface area (Å²) in [6, 6.07) is 5.95. The van der Waals surface area contributed by atoms with E-state index in [1.165, 1.54) is 0 Å². The molecule has 2 aliphatic rings. The summed E-state index contributed by atoms with van der Waals surface area (Å²) in [5.41, 5.74) is 1.88. The first kappa shape index (κ1) is 19.6. The zero-order valence-electron chi connectivity index (χ0n) is 16.8. The predicted octanol–water partition coefficient (Wildman–Crippen LogP) is 1.16. The van der Waals surface area contributed by atoms with Crippen molar-refractivity contribution >= 4 is 22.5 Å². The van der Waals surface area contributed by atoms with Crippen LogP contribution in [0.5, 0.6) is 0 Å². The molecule has 0 aliphatic carbocycles. The van der Waals surface area contributed by atoms with Gasteiger partial charge in [0.2, 0.25) is 5.91 Å². The average molecular weight is 394 g/mol. The van der Waals surface area contributed by atoms with Gasteiger partial charge >= 0.3 is 0 Å². The van der Waals surface area contributed by atoms with Crippen LogP contribution in [0, 0.1) is 17.2 Å². The van der Waals surface area contributed by atoms with Crippen LogP contribution in [-0.2, 0) is 9.53 Å². The third-order valence-electron chi connectivity index (χ3n) is 5.66. The van der Waals surface area contributed by atoms with E-state index < -0.39 is 0 Å². The van der Waals surface area contributed by atoms with Crippen LogP contribution in [0.2, 0.25) is 0 Å². The van der Waals surface area contributed by atoms with E-state index in [-0.39, 0.29) is 24.0 Å². The number of likely N-dealkylation sites (tertiary alicyclic amines) is 1. The number of nitrogens with zero attached hydrogens (tertiary/aromatic N) is 5. The van der Waals surface area contributed by atoms with Gasteiger partial charge in [0.25, 0.3) is 0 Å². The molecule has 2 saturated heterocycles. The Balaban J connectivity index is 1.48. The number of nitriles is 1. The van der Waals surface area contributed by atoms with E-state index in [2.05, 4.69) is 31.2 Å². The summed E-state index contributed by atoms with van der Waals surface area (Å²) < 4.78 is 6.07. The van der Waals surface area contributed by atoms with Gasteiger partial charge in [-0.25, -0.2) is 4.98 Å². The fourth-order valence-corrected chi connectivity index (χ4v) is 4.25. The number of fused-ring (bicyclic) bond motifs is 1. The minimum absolute atomic E-state index is 0.0191. The van der Waals surface area contributed by atoms with Gasteiger partial charge in [0.1, 0.15) is 11.6 Å². The van der Waals surface area contributed by atoms with Gasteiger partial charge in [-0.05, 0) is 39.1 Å². The number of morpholine rings is 1. The maximum atomic E-state index is 12.5. The van der Waals surface area contributed by atoms with Crippen molar-refractivity contribution in [3.8, 4) is 6.07 Å². The minimum Gasteiger partial charge on any atom is -0.370 e. The SMILES string of the molecule is CC1CN(c2cnc(C#N)c3ncccc23)CC(CNC(=O)C2CCN(C)C2)O1. The highest BCUT2D eigenvalue weighted by Crippen LogP contribution is 2.28. The van der Waals surface area contributed by atoms with Crippen molar-refractivity contribution in [1.29, 1.82) is 5.26 Å². The van der Waals surface area contributed by atoms with Gasteiger partial charge in [0, 0.05) is 37.8 Å². The molecule has 3 atom stereocenters. The Morgan fingerprint density at radius 1 is 1.38 bits per heavy atom. The van der Waals surface area contributed by atoms with Crippen molar-refractivity contribution in [1.82, 2.24) is 20.2 Å². The second-order valence-corrected chi connectivity index (χ2v) is 7.97. The van der Waals surface area contributed by atoms with Crippen molar-refractivity contribution < 1.29 is 9.53 Å². The van der Waals surface area contributed by atoms with Crippen molar-refractivity contribution in [2.75, 3.05) is 44.7 Å². The summed E-state index contributed by atoms with van der Waals surface area (Å²) in [5.74, 6) is 0.173. The highest BCUT2D eigenvalue weighted by molar-refractivity contribution is 5.93. The number of nitrogens with one attached hydrogen (secondary N) is 1. The Labute approximate surface area is 170 Å². The van der Waals surface area contributed by atoms with Crippen LogP contribution >= 0.6 is 0 Å². The fraction of sp³-hybridized carbons (Fsp3) is 0.524. The number of pyridine rings is 2. The number of carbonyl (C=O) groups excluding carboxylic acids is 1. The summed E-state index contributed by atoms with van der Waals surface area (Å²) in [5, 5.41) is 13.3. The van der Waals surface area contributed by atoms with Crippen LogP contribution in [0.3, 0.4) is 0 Å². The zero-order chi connectivity index (χ0) is 20.4. The van der Waals surface area contributed by atoms with E-state index in [9.17, 15) is 10.1 Å². The molecule has 2 aromatic rings. The molecule has 29 heavy (non-hydrogen) atoms. The summed E-state index contributed by atoms with van der Waals surface area (Å²) >= 11 is 0. The standard InChI is InChI=1S/C21H26N6O2/c1-14-11-27(19-10-24-18(8-22)20-17(19)4-3-6-23-20)13-16(29-14)9-25-21(28)15-5-7-26(2)12-15/h3-4,6,10,14-16H,5,7,9,11-13H2,1-2H3,(H,25,28). The van der Waals surface area contributed by atoms with Gasteiger partial charge in [-0.1, -0.05) is 0 Å². The summed E-state index contributed by atoms with van der Waals surface area (Å²) in [6.07, 6.45) is 4.24. The number of hydrogen-bond donors (Lipinski definition) is 1. The molecule has 0 radical (unpaired) electrons. The molecular weight excluding hydrogens is 368 g/mol. The zero-order valence-corrected chi connectivity index (χ0v) is 16.8. The van der Waals surface area contributed by atoms with E-state index in [0.29, 0.717) is 24.3 Å². The second-order valence-electron chi connectivity index (χ2n) is 7.97. The summed E-state index contributed by atoms with van der Waals surface area (Å²) in [6.45, 7) is 5.66. The molecule has 152 valence electrons. The van der Waals surface area contributed by atoms with Gasteiger partial charge in [0.05, 0.1) is 30.0 Å². The number of ether oxygens (including phenoxy) is 1. The molecule has 3 unspecified atom stereocenters. The van der Waals surface area contributed by atoms with E-state index in [0.717, 1.165) is 37.1 Å². The van der Waals surface area contributed by atoms with Gasteiger partial charge < -0.3 is 19.9 Å². The molecule has 2 fully saturated rings. The van der Waals surface area contributed by atoms with E-state index >= 15 is 0 Å². The first-order valence-corrected chi connectivity index (χ1v) is 10.1. The maximum Gasteiger partial charge on any atom is 0.224 e. The van der Waals surface area contributed by atoms with Crippen molar-refractivity contribution in [3.05, 3.63) is 30.2 Å². The maximum absolute atomic E-state index is 12.5. The van der Waals surface area contributed by atoms with E-state index in [1.807, 2.05) is 26.1 Å². The molecule has 1 N–H and O–H groups in total. The highest BCUT2D eigenvalue weighted by Gasteiger charge is 2.30. The van der Waals surface area contributed by atoms with Crippen molar-refractivity contribution in [2.24, 2.45) is 5.92 Å². The summed E-state index contributed by atoms with van der Waals surface area (Å²) in [4.78, 5) is 25.5. The number of amides is 1. The Bertz CT molecular complexity index is 942. The monoisotopic (exact) mass is 394 g/mol. The molecule has 0 bridgehead atoms. The van der Waals surface area contributed by atoms with Crippen molar-refractivity contribution in [2.45, 2.75) is 25.6 Å². The number of aromatic nitrogens is 2. The number of anilines is 1. The van der Waals surface area contributed by atoms with Crippen LogP contribution in [0.1, 0.15) is 19.0 Å². The molecule has 2 aromatic heterocycles. The fourth-order valence-electron chi connectivity index (χ4n) is 4.25. The van der Waals surface area contributed by atoms with Crippen molar-refractivity contribution in [3.63, 3.8) is 0 Å². The van der Waals surface area contributed by atoms with Gasteiger partial charge in [-0.15, -0.1) is 0 Å². The molecule has 4 heterocycles. The summed E-state index contributed by atoms with van der Waals surface area (Å²) in [7, 11) is 2.04. The molecule has 4 rings (SSSR count). The Morgan fingerprint density at radius 2 is 2.24 bits per heavy atom. The molecule has 8 heteroatoms. The lowest BCUT2D eigenvalue weighted by atomic mass is 10.1. The number of hydrogen-bond acceptors (Lipinski definition) is 7. The van der Waals surface area contributed by atoms with Crippen LogP contribution in [-0.4, -0.2) is 72.8 Å². The van der Waals surface area contributed by atoms with Crippen LogP contribution in [0.15, 0.2) is 24.5 Å². The molecular formula is C21H26N6O2. The molecule has 1 amide bonds. The number of rotatable bonds is 4. The lowest BCUT2D eigenvalue weighted by Gasteiger charge is -2.38. The average Bonchev–Trinajstić information content (AvgIpc) is 3.17. The van der Waals surface area contributed by atoms with Gasteiger partial charge in [0.15, 0.2) is 5.69 Å². The first-order valence-electron chi connectivity index (χ1n) is 10.1. The van der Waals surface area contributed by atoms with E-state index in [4.69, 9.17) is 4.74 Å². The highest BCUT2D eigenvalue weighted by atomic mass is 16.5. The molecule has 0 aromatic carbocycles. The smallest absolute Gasteiger partial charge is 0.224 e. The quantitative estimate of drug-likeness (QED) is 0.832. The number of carbonyl (C=O) groups is 1. The normalized spacial score (nSPS) is 25.1. The van der Waals surface area contributed by atoms with Crippen LogP contribution in [0.4, 0.5) is 5.69 Å². The Morgan fingerprint density at radius 3 is 3.00 bits per heavy atom. The minimum atomic E-state index is -0.107. The first-order chi connectivity index (χ1) is 14.0. The van der Waals surface area contributed by atoms with Gasteiger partial charge in [-0.2, -0.15) is 5.26 Å². The lowest BCUT2D eigenvalue weighted by molar-refractivity contribution is -0.125. The predicted molar refractivity (Wildman–Crippen MR) is 109 cm³/mol. The Kier molecular flexibility index (Phi) is 5.60. The topological polar surface area (TPSA) is 94.4 Å². The largest absolute Gasteiger partial charge is 0.370 e. The van der Waals surface area contributed by atoms with E-state index in [1.54, 1.807) is 12.4 Å². The molecule has 2 aliphatic heterocycles. The second kappa shape index (κ2) is 8.31. The van der Waals surface area contributed by atoms with Gasteiger partial charge in [-0.3, -0.25) is 9.78 Å². The molecule has 8 nitrogen and oxygen atoms in total. The third-order valence-corrected chi connectivity index (χ3v) is 5.66.